The van der Waals surface area contributed by atoms with Crippen molar-refractivity contribution >= 4 is 33.1 Å². The molecule has 2 heterocycles. The fraction of sp³-hybridized carbons (Fsp3) is 0.500. The van der Waals surface area contributed by atoms with Crippen LogP contribution in [0.4, 0.5) is 5.69 Å². The van der Waals surface area contributed by atoms with E-state index in [4.69, 9.17) is 5.73 Å². The number of aromatic nitrogens is 2. The Labute approximate surface area is 122 Å². The van der Waals surface area contributed by atoms with Crippen LogP contribution in [0.15, 0.2) is 12.3 Å². The summed E-state index contributed by atoms with van der Waals surface area (Å²) in [5.74, 6) is 0.394. The van der Waals surface area contributed by atoms with E-state index in [0.717, 1.165) is 11.9 Å². The van der Waals surface area contributed by atoms with Gasteiger partial charge in [0.05, 0.1) is 11.9 Å². The number of hydrogen-bond acceptors (Lipinski definition) is 5. The predicted molar refractivity (Wildman–Crippen MR) is 82.8 cm³/mol. The zero-order valence-corrected chi connectivity index (χ0v) is 13.1. The van der Waals surface area contributed by atoms with Crippen LogP contribution in [0.3, 0.4) is 0 Å². The van der Waals surface area contributed by atoms with E-state index in [1.807, 2.05) is 18.7 Å². The first-order valence-electron chi connectivity index (χ1n) is 6.72. The summed E-state index contributed by atoms with van der Waals surface area (Å²) >= 11 is 1.32. The Morgan fingerprint density at radius 1 is 1.40 bits per heavy atom. The van der Waals surface area contributed by atoms with Gasteiger partial charge in [-0.1, -0.05) is 13.8 Å². The summed E-state index contributed by atoms with van der Waals surface area (Å²) in [5, 5.41) is 8.67. The van der Waals surface area contributed by atoms with Gasteiger partial charge >= 0.3 is 0 Å². The maximum atomic E-state index is 12.7. The lowest BCUT2D eigenvalue weighted by Crippen LogP contribution is -2.39. The summed E-state index contributed by atoms with van der Waals surface area (Å²) in [7, 11) is 0. The fourth-order valence-corrected chi connectivity index (χ4v) is 3.08. The summed E-state index contributed by atoms with van der Waals surface area (Å²) in [6.07, 6.45) is 1.59. The molecule has 2 rings (SSSR count). The van der Waals surface area contributed by atoms with Crippen molar-refractivity contribution in [3.05, 3.63) is 17.1 Å². The second-order valence-corrected chi connectivity index (χ2v) is 6.54. The van der Waals surface area contributed by atoms with Crippen molar-refractivity contribution in [1.82, 2.24) is 15.1 Å². The van der Waals surface area contributed by atoms with Crippen LogP contribution in [0, 0.1) is 5.92 Å². The molecule has 0 saturated carbocycles. The molecular weight excluding hydrogens is 272 g/mol. The van der Waals surface area contributed by atoms with Gasteiger partial charge in [0, 0.05) is 18.0 Å². The Morgan fingerprint density at radius 2 is 2.10 bits per heavy atom. The van der Waals surface area contributed by atoms with E-state index in [1.165, 1.54) is 11.3 Å². The number of carbonyl (C=O) groups excluding carboxylic acids is 1. The Kier molecular flexibility index (Phi) is 4.23. The Balaban J connectivity index is 2.41. The van der Waals surface area contributed by atoms with Crippen LogP contribution in [0.1, 0.15) is 37.4 Å². The molecular formula is C14H20N4OS. The van der Waals surface area contributed by atoms with Gasteiger partial charge in [-0.25, -0.2) is 0 Å². The number of anilines is 1. The van der Waals surface area contributed by atoms with Gasteiger partial charge in [0.15, 0.2) is 0 Å². The third-order valence-corrected chi connectivity index (χ3v) is 4.15. The largest absolute Gasteiger partial charge is 0.397 e. The molecule has 0 aliphatic rings. The molecule has 2 N–H and O–H groups in total. The van der Waals surface area contributed by atoms with E-state index in [0.29, 0.717) is 21.3 Å². The van der Waals surface area contributed by atoms with Crippen molar-refractivity contribution in [2.75, 3.05) is 12.3 Å². The summed E-state index contributed by atoms with van der Waals surface area (Å²) in [6.45, 7) is 8.95. The van der Waals surface area contributed by atoms with Crippen LogP contribution in [-0.2, 0) is 0 Å². The second kappa shape index (κ2) is 5.75. The normalized spacial score (nSPS) is 11.5. The van der Waals surface area contributed by atoms with Gasteiger partial charge in [0.2, 0.25) is 0 Å². The number of nitrogens with zero attached hydrogens (tertiary/aromatic N) is 3. The van der Waals surface area contributed by atoms with Crippen LogP contribution >= 0.6 is 11.3 Å². The molecule has 0 aliphatic carbocycles. The first-order valence-corrected chi connectivity index (χ1v) is 7.54. The first kappa shape index (κ1) is 14.7. The zero-order valence-electron chi connectivity index (χ0n) is 12.3. The van der Waals surface area contributed by atoms with Crippen LogP contribution in [0.5, 0.6) is 0 Å². The third kappa shape index (κ3) is 2.75. The molecule has 6 heteroatoms. The topological polar surface area (TPSA) is 72.1 Å². The molecule has 0 unspecified atom stereocenters. The monoisotopic (exact) mass is 292 g/mol. The van der Waals surface area contributed by atoms with Gasteiger partial charge in [0.25, 0.3) is 5.91 Å². The Bertz CT molecular complexity index is 621. The van der Waals surface area contributed by atoms with Gasteiger partial charge in [-0.15, -0.1) is 16.4 Å². The van der Waals surface area contributed by atoms with E-state index >= 15 is 0 Å². The molecule has 0 atom stereocenters. The molecule has 108 valence electrons. The van der Waals surface area contributed by atoms with Crippen LogP contribution in [0.25, 0.3) is 10.2 Å². The minimum atomic E-state index is -0.0193. The lowest BCUT2D eigenvalue weighted by molar-refractivity contribution is 0.0688. The zero-order chi connectivity index (χ0) is 14.9. The number of amides is 1. The maximum absolute atomic E-state index is 12.7. The molecule has 2 aromatic rings. The third-order valence-electron chi connectivity index (χ3n) is 3.06. The SMILES string of the molecule is CC(C)CN(C(=O)c1sc2nnccc2c1N)C(C)C. The Hall–Kier alpha value is -1.69. The maximum Gasteiger partial charge on any atom is 0.266 e. The summed E-state index contributed by atoms with van der Waals surface area (Å²) in [5.41, 5.74) is 6.62. The van der Waals surface area contributed by atoms with E-state index < -0.39 is 0 Å². The second-order valence-electron chi connectivity index (χ2n) is 5.54. The number of carbonyl (C=O) groups is 1. The molecule has 0 radical (unpaired) electrons. The van der Waals surface area contributed by atoms with Gasteiger partial charge < -0.3 is 10.6 Å². The highest BCUT2D eigenvalue weighted by Crippen LogP contribution is 2.32. The average Bonchev–Trinajstić information content (AvgIpc) is 2.73. The lowest BCUT2D eigenvalue weighted by Gasteiger charge is -2.28. The van der Waals surface area contributed by atoms with Crippen molar-refractivity contribution in [1.29, 1.82) is 0 Å². The standard InChI is InChI=1S/C14H20N4OS/c1-8(2)7-18(9(3)4)14(19)12-11(15)10-5-6-16-17-13(10)20-12/h5-6,8-9H,7,15H2,1-4H3. The molecule has 2 aromatic heterocycles. The molecule has 0 bridgehead atoms. The molecule has 0 aromatic carbocycles. The number of nitrogen functional groups attached to an aromatic ring is 1. The van der Waals surface area contributed by atoms with Crippen molar-refractivity contribution in [3.63, 3.8) is 0 Å². The minimum Gasteiger partial charge on any atom is -0.397 e. The highest BCUT2D eigenvalue weighted by Gasteiger charge is 2.24. The smallest absolute Gasteiger partial charge is 0.266 e. The summed E-state index contributed by atoms with van der Waals surface area (Å²) in [4.78, 5) is 15.9. The van der Waals surface area contributed by atoms with Crippen molar-refractivity contribution in [2.45, 2.75) is 33.7 Å². The summed E-state index contributed by atoms with van der Waals surface area (Å²) < 4.78 is 0. The van der Waals surface area contributed by atoms with E-state index in [2.05, 4.69) is 24.0 Å². The predicted octanol–water partition coefficient (Wildman–Crippen LogP) is 2.78. The van der Waals surface area contributed by atoms with E-state index in [-0.39, 0.29) is 11.9 Å². The number of fused-ring (bicyclic) bond motifs is 1. The van der Waals surface area contributed by atoms with E-state index in [9.17, 15) is 4.79 Å². The number of hydrogen-bond donors (Lipinski definition) is 1. The molecule has 0 fully saturated rings. The van der Waals surface area contributed by atoms with Crippen LogP contribution in [-0.4, -0.2) is 33.6 Å². The van der Waals surface area contributed by atoms with Crippen molar-refractivity contribution < 1.29 is 4.79 Å². The molecule has 0 spiro atoms. The molecule has 0 saturated heterocycles. The molecule has 5 nitrogen and oxygen atoms in total. The lowest BCUT2D eigenvalue weighted by atomic mass is 10.1. The minimum absolute atomic E-state index is 0.0193. The van der Waals surface area contributed by atoms with Crippen LogP contribution in [0.2, 0.25) is 0 Å². The Morgan fingerprint density at radius 3 is 2.65 bits per heavy atom. The van der Waals surface area contributed by atoms with Crippen molar-refractivity contribution in [3.8, 4) is 0 Å². The van der Waals surface area contributed by atoms with Gasteiger partial charge in [-0.3, -0.25) is 4.79 Å². The quantitative estimate of drug-likeness (QED) is 0.940. The molecule has 20 heavy (non-hydrogen) atoms. The fourth-order valence-electron chi connectivity index (χ4n) is 2.08. The van der Waals surface area contributed by atoms with Gasteiger partial charge in [-0.2, -0.15) is 5.10 Å². The van der Waals surface area contributed by atoms with Gasteiger partial charge in [-0.05, 0) is 25.8 Å². The summed E-state index contributed by atoms with van der Waals surface area (Å²) in [6, 6.07) is 1.94. The highest BCUT2D eigenvalue weighted by molar-refractivity contribution is 7.21. The highest BCUT2D eigenvalue weighted by atomic mass is 32.1. The molecule has 0 aliphatic heterocycles. The average molecular weight is 292 g/mol. The van der Waals surface area contributed by atoms with E-state index in [1.54, 1.807) is 12.3 Å². The molecule has 1 amide bonds. The van der Waals surface area contributed by atoms with Crippen LogP contribution < -0.4 is 5.73 Å². The van der Waals surface area contributed by atoms with Crippen molar-refractivity contribution in [2.24, 2.45) is 5.92 Å². The first-order chi connectivity index (χ1) is 9.41. The van der Waals surface area contributed by atoms with Gasteiger partial charge in [0.1, 0.15) is 9.71 Å². The number of nitrogens with two attached hydrogens (primary N) is 1. The number of thiophene rings is 1. The number of rotatable bonds is 4.